The van der Waals surface area contributed by atoms with Crippen LogP contribution in [0.2, 0.25) is 0 Å². The molecule has 0 saturated heterocycles. The summed E-state index contributed by atoms with van der Waals surface area (Å²) in [6.45, 7) is 12.2. The number of ether oxygens (including phenoxy) is 2. The average Bonchev–Trinajstić information content (AvgIpc) is 3.07. The number of thiophene rings is 1. The molecule has 1 amide bonds. The summed E-state index contributed by atoms with van der Waals surface area (Å²) in [5, 5.41) is 3.33. The highest BCUT2D eigenvalue weighted by molar-refractivity contribution is 7.17. The van der Waals surface area contributed by atoms with Gasteiger partial charge in [-0.3, -0.25) is 9.59 Å². The van der Waals surface area contributed by atoms with Gasteiger partial charge in [-0.05, 0) is 81.6 Å². The molecule has 0 aromatic carbocycles. The van der Waals surface area contributed by atoms with Gasteiger partial charge in [-0.2, -0.15) is 0 Å². The molecule has 1 aromatic rings. The van der Waals surface area contributed by atoms with Crippen LogP contribution in [0, 0.1) is 23.2 Å². The van der Waals surface area contributed by atoms with E-state index in [1.165, 1.54) is 11.3 Å². The Labute approximate surface area is 201 Å². The smallest absolute Gasteiger partial charge is 0.341 e. The largest absolute Gasteiger partial charge is 0.459 e. The SMILES string of the molecule is CC1CCc2c(sc(NC(=O)COC(=O)C3CCC(C(C)(C)C)CC3)c2C(=O)OC(C)C)C1. The van der Waals surface area contributed by atoms with Gasteiger partial charge in [-0.15, -0.1) is 11.3 Å². The minimum absolute atomic E-state index is 0.136. The number of rotatable bonds is 6. The van der Waals surface area contributed by atoms with Gasteiger partial charge in [0.05, 0.1) is 17.6 Å². The number of hydrogen-bond acceptors (Lipinski definition) is 6. The third-order valence-electron chi connectivity index (χ3n) is 6.94. The van der Waals surface area contributed by atoms with Crippen molar-refractivity contribution in [2.45, 2.75) is 92.6 Å². The number of esters is 2. The van der Waals surface area contributed by atoms with Gasteiger partial charge in [0, 0.05) is 4.88 Å². The molecule has 2 aliphatic carbocycles. The molecular formula is C26H39NO5S. The Morgan fingerprint density at radius 3 is 2.36 bits per heavy atom. The van der Waals surface area contributed by atoms with Crippen molar-refractivity contribution in [3.63, 3.8) is 0 Å². The van der Waals surface area contributed by atoms with E-state index in [9.17, 15) is 14.4 Å². The van der Waals surface area contributed by atoms with Crippen molar-refractivity contribution in [2.24, 2.45) is 23.2 Å². The third kappa shape index (κ3) is 6.58. The van der Waals surface area contributed by atoms with Crippen LogP contribution < -0.4 is 5.32 Å². The minimum Gasteiger partial charge on any atom is -0.459 e. The zero-order valence-corrected chi connectivity index (χ0v) is 21.7. The van der Waals surface area contributed by atoms with Crippen LogP contribution in [0.5, 0.6) is 0 Å². The van der Waals surface area contributed by atoms with Gasteiger partial charge < -0.3 is 14.8 Å². The van der Waals surface area contributed by atoms with E-state index in [1.807, 2.05) is 13.8 Å². The molecule has 6 nitrogen and oxygen atoms in total. The summed E-state index contributed by atoms with van der Waals surface area (Å²) in [4.78, 5) is 39.1. The van der Waals surface area contributed by atoms with Gasteiger partial charge in [0.2, 0.25) is 0 Å². The fraction of sp³-hybridized carbons (Fsp3) is 0.731. The molecule has 0 aliphatic heterocycles. The van der Waals surface area contributed by atoms with Crippen molar-refractivity contribution in [3.8, 4) is 0 Å². The lowest BCUT2D eigenvalue weighted by Crippen LogP contribution is -2.31. The Kier molecular flexibility index (Phi) is 8.25. The van der Waals surface area contributed by atoms with Crippen LogP contribution in [0.15, 0.2) is 0 Å². The predicted molar refractivity (Wildman–Crippen MR) is 131 cm³/mol. The first-order valence-corrected chi connectivity index (χ1v) is 13.1. The summed E-state index contributed by atoms with van der Waals surface area (Å²) in [7, 11) is 0. The monoisotopic (exact) mass is 477 g/mol. The second-order valence-electron chi connectivity index (χ2n) is 11.1. The van der Waals surface area contributed by atoms with Crippen LogP contribution in [0.1, 0.15) is 94.4 Å². The molecule has 1 aromatic heterocycles. The highest BCUT2D eigenvalue weighted by Crippen LogP contribution is 2.41. The van der Waals surface area contributed by atoms with Gasteiger partial charge in [0.25, 0.3) is 5.91 Å². The topological polar surface area (TPSA) is 81.7 Å². The average molecular weight is 478 g/mol. The molecule has 2 aliphatic rings. The Balaban J connectivity index is 1.60. The second kappa shape index (κ2) is 10.6. The number of carbonyl (C=O) groups excluding carboxylic acids is 3. The Hall–Kier alpha value is -1.89. The molecule has 0 spiro atoms. The molecule has 0 bridgehead atoms. The lowest BCUT2D eigenvalue weighted by atomic mass is 9.70. The molecule has 1 unspecified atom stereocenters. The molecule has 1 saturated carbocycles. The van der Waals surface area contributed by atoms with Gasteiger partial charge >= 0.3 is 11.9 Å². The van der Waals surface area contributed by atoms with E-state index in [4.69, 9.17) is 9.47 Å². The molecule has 0 radical (unpaired) electrons. The minimum atomic E-state index is -0.419. The summed E-state index contributed by atoms with van der Waals surface area (Å²) < 4.78 is 10.8. The summed E-state index contributed by atoms with van der Waals surface area (Å²) >= 11 is 1.44. The van der Waals surface area contributed by atoms with Gasteiger partial charge in [-0.25, -0.2) is 4.79 Å². The Morgan fingerprint density at radius 2 is 1.76 bits per heavy atom. The van der Waals surface area contributed by atoms with E-state index in [-0.39, 0.29) is 30.0 Å². The molecule has 1 N–H and O–H groups in total. The van der Waals surface area contributed by atoms with Crippen molar-refractivity contribution in [1.29, 1.82) is 0 Å². The maximum Gasteiger partial charge on any atom is 0.341 e. The van der Waals surface area contributed by atoms with E-state index in [0.29, 0.717) is 22.4 Å². The zero-order valence-electron chi connectivity index (χ0n) is 20.9. The fourth-order valence-electron chi connectivity index (χ4n) is 4.94. The first kappa shape index (κ1) is 25.7. The van der Waals surface area contributed by atoms with Gasteiger partial charge in [0.1, 0.15) is 5.00 Å². The van der Waals surface area contributed by atoms with Gasteiger partial charge in [0.15, 0.2) is 6.61 Å². The molecule has 7 heteroatoms. The number of amides is 1. The molecule has 1 fully saturated rings. The van der Waals surface area contributed by atoms with Crippen molar-refractivity contribution >= 4 is 34.2 Å². The highest BCUT2D eigenvalue weighted by atomic mass is 32.1. The lowest BCUT2D eigenvalue weighted by molar-refractivity contribution is -0.153. The molecular weight excluding hydrogens is 438 g/mol. The van der Waals surface area contributed by atoms with Crippen molar-refractivity contribution in [1.82, 2.24) is 0 Å². The van der Waals surface area contributed by atoms with Gasteiger partial charge in [-0.1, -0.05) is 27.7 Å². The number of fused-ring (bicyclic) bond motifs is 1. The van der Waals surface area contributed by atoms with Crippen LogP contribution in [0.4, 0.5) is 5.00 Å². The van der Waals surface area contributed by atoms with E-state index in [1.54, 1.807) is 0 Å². The number of hydrogen-bond donors (Lipinski definition) is 1. The first-order valence-electron chi connectivity index (χ1n) is 12.3. The van der Waals surface area contributed by atoms with E-state index in [0.717, 1.165) is 55.4 Å². The normalized spacial score (nSPS) is 23.1. The molecule has 3 rings (SSSR count). The predicted octanol–water partition coefficient (Wildman–Crippen LogP) is 5.77. The fourth-order valence-corrected chi connectivity index (χ4v) is 6.36. The summed E-state index contributed by atoms with van der Waals surface area (Å²) in [5.41, 5.74) is 1.71. The number of carbonyl (C=O) groups is 3. The number of anilines is 1. The van der Waals surface area contributed by atoms with E-state index < -0.39 is 11.9 Å². The molecule has 33 heavy (non-hydrogen) atoms. The van der Waals surface area contributed by atoms with E-state index in [2.05, 4.69) is 33.0 Å². The Bertz CT molecular complexity index is 874. The quantitative estimate of drug-likeness (QED) is 0.526. The Morgan fingerprint density at radius 1 is 1.09 bits per heavy atom. The van der Waals surface area contributed by atoms with Crippen molar-refractivity contribution in [3.05, 3.63) is 16.0 Å². The van der Waals surface area contributed by atoms with Crippen molar-refractivity contribution in [2.75, 3.05) is 11.9 Å². The standard InChI is InChI=1S/C26H39NO5S/c1-15(2)32-25(30)22-19-12-7-16(3)13-20(19)33-23(22)27-21(28)14-31-24(29)17-8-10-18(11-9-17)26(4,5)6/h15-18H,7-14H2,1-6H3,(H,27,28). The number of nitrogens with one attached hydrogen (secondary N) is 1. The van der Waals surface area contributed by atoms with E-state index >= 15 is 0 Å². The van der Waals surface area contributed by atoms with Crippen LogP contribution in [0.25, 0.3) is 0 Å². The second-order valence-corrected chi connectivity index (χ2v) is 12.2. The molecule has 1 heterocycles. The first-order chi connectivity index (χ1) is 15.5. The van der Waals surface area contributed by atoms with Crippen molar-refractivity contribution < 1.29 is 23.9 Å². The van der Waals surface area contributed by atoms with Crippen LogP contribution >= 0.6 is 11.3 Å². The highest BCUT2D eigenvalue weighted by Gasteiger charge is 2.34. The summed E-state index contributed by atoms with van der Waals surface area (Å²) in [5.74, 6) is -0.0962. The summed E-state index contributed by atoms with van der Waals surface area (Å²) in [6.07, 6.45) is 6.10. The maximum absolute atomic E-state index is 12.8. The maximum atomic E-state index is 12.8. The lowest BCUT2D eigenvalue weighted by Gasteiger charge is -2.36. The van der Waals surface area contributed by atoms with Crippen LogP contribution in [-0.4, -0.2) is 30.6 Å². The van der Waals surface area contributed by atoms with Crippen LogP contribution in [-0.2, 0) is 31.9 Å². The zero-order chi connectivity index (χ0) is 24.3. The molecule has 184 valence electrons. The van der Waals surface area contributed by atoms with Crippen LogP contribution in [0.3, 0.4) is 0 Å². The third-order valence-corrected chi connectivity index (χ3v) is 8.11. The molecule has 1 atom stereocenters. The summed E-state index contributed by atoms with van der Waals surface area (Å²) in [6, 6.07) is 0.